The fraction of sp³-hybridized carbons (Fsp3) is 0.632. The highest BCUT2D eigenvalue weighted by Crippen LogP contribution is 2.28. The van der Waals surface area contributed by atoms with Crippen molar-refractivity contribution in [2.45, 2.75) is 60.3 Å². The number of benzene rings is 1. The van der Waals surface area contributed by atoms with Crippen LogP contribution in [0.15, 0.2) is 18.2 Å². The number of nitrogens with zero attached hydrogens (tertiary/aromatic N) is 3. The lowest BCUT2D eigenvalue weighted by molar-refractivity contribution is 0.526. The quantitative estimate of drug-likeness (QED) is 0.763. The minimum Gasteiger partial charge on any atom is -0.371 e. The van der Waals surface area contributed by atoms with Gasteiger partial charge in [-0.05, 0) is 31.0 Å². The molecule has 2 aromatic rings. The first-order valence-corrected chi connectivity index (χ1v) is 8.10. The van der Waals surface area contributed by atoms with Crippen molar-refractivity contribution in [1.29, 1.82) is 0 Å². The summed E-state index contributed by atoms with van der Waals surface area (Å²) in [5, 5.41) is 0. The number of imidazole rings is 1. The van der Waals surface area contributed by atoms with E-state index in [1.807, 2.05) is 0 Å². The zero-order chi connectivity index (χ0) is 15.6. The standard InChI is InChI=1S/C18H29N3.CH4/c1-7-11-21(12-8-2)14-9-10-16-15(13-14)19-17(20(16)6)18(3,4)5;/h9-10,13H,7-8,11-12H2,1-6H3;1H4. The molecule has 0 fully saturated rings. The lowest BCUT2D eigenvalue weighted by Gasteiger charge is -2.23. The predicted molar refractivity (Wildman–Crippen MR) is 98.9 cm³/mol. The van der Waals surface area contributed by atoms with Gasteiger partial charge in [-0.2, -0.15) is 0 Å². The average Bonchev–Trinajstić information content (AvgIpc) is 2.75. The molecule has 2 rings (SSSR count). The number of hydrogen-bond donors (Lipinski definition) is 0. The number of rotatable bonds is 5. The van der Waals surface area contributed by atoms with Crippen LogP contribution in [0.2, 0.25) is 0 Å². The number of hydrogen-bond acceptors (Lipinski definition) is 2. The van der Waals surface area contributed by atoms with Crippen LogP contribution in [0.4, 0.5) is 5.69 Å². The highest BCUT2D eigenvalue weighted by atomic mass is 15.1. The Bertz CT molecular complexity index is 599. The van der Waals surface area contributed by atoms with E-state index >= 15 is 0 Å². The zero-order valence-electron chi connectivity index (χ0n) is 14.4. The van der Waals surface area contributed by atoms with E-state index in [9.17, 15) is 0 Å². The van der Waals surface area contributed by atoms with Gasteiger partial charge in [0.1, 0.15) is 5.82 Å². The van der Waals surface area contributed by atoms with E-state index in [0.717, 1.165) is 24.4 Å². The molecule has 22 heavy (non-hydrogen) atoms. The molecule has 3 nitrogen and oxygen atoms in total. The van der Waals surface area contributed by atoms with Crippen molar-refractivity contribution in [3.8, 4) is 0 Å². The fourth-order valence-corrected chi connectivity index (χ4v) is 2.97. The van der Waals surface area contributed by atoms with Gasteiger partial charge in [0.25, 0.3) is 0 Å². The van der Waals surface area contributed by atoms with Gasteiger partial charge in [0.2, 0.25) is 0 Å². The summed E-state index contributed by atoms with van der Waals surface area (Å²) in [7, 11) is 2.12. The van der Waals surface area contributed by atoms with Crippen LogP contribution < -0.4 is 4.90 Å². The molecule has 3 heteroatoms. The van der Waals surface area contributed by atoms with Crippen LogP contribution in [0.5, 0.6) is 0 Å². The van der Waals surface area contributed by atoms with Gasteiger partial charge in [-0.3, -0.25) is 0 Å². The van der Waals surface area contributed by atoms with Gasteiger partial charge < -0.3 is 9.47 Å². The van der Waals surface area contributed by atoms with Crippen LogP contribution in [0.1, 0.15) is 60.7 Å². The van der Waals surface area contributed by atoms with Crippen molar-refractivity contribution < 1.29 is 0 Å². The van der Waals surface area contributed by atoms with E-state index < -0.39 is 0 Å². The Balaban J connectivity index is 0.00000242. The van der Waals surface area contributed by atoms with Crippen LogP contribution in [0, 0.1) is 0 Å². The molecule has 0 unspecified atom stereocenters. The number of aromatic nitrogens is 2. The number of anilines is 1. The third-order valence-electron chi connectivity index (χ3n) is 3.89. The first kappa shape index (κ1) is 18.5. The normalized spacial score (nSPS) is 11.5. The Hall–Kier alpha value is -1.51. The second kappa shape index (κ2) is 7.17. The SMILES string of the molecule is C.CCCN(CCC)c1ccc2c(c1)nc(C(C)(C)C)n2C. The Labute approximate surface area is 136 Å². The molecule has 0 saturated heterocycles. The summed E-state index contributed by atoms with van der Waals surface area (Å²) >= 11 is 0. The van der Waals surface area contributed by atoms with Crippen molar-refractivity contribution in [1.82, 2.24) is 9.55 Å². The topological polar surface area (TPSA) is 21.1 Å². The average molecular weight is 303 g/mol. The van der Waals surface area contributed by atoms with Crippen molar-refractivity contribution in [2.24, 2.45) is 7.05 Å². The minimum absolute atomic E-state index is 0. The van der Waals surface area contributed by atoms with Crippen molar-refractivity contribution in [3.63, 3.8) is 0 Å². The van der Waals surface area contributed by atoms with Gasteiger partial charge in [0.15, 0.2) is 0 Å². The molecule has 0 bridgehead atoms. The van der Waals surface area contributed by atoms with E-state index in [1.165, 1.54) is 24.0 Å². The lowest BCUT2D eigenvalue weighted by atomic mass is 9.96. The smallest absolute Gasteiger partial charge is 0.115 e. The van der Waals surface area contributed by atoms with E-state index in [1.54, 1.807) is 0 Å². The first-order chi connectivity index (χ1) is 9.88. The molecule has 0 saturated carbocycles. The Morgan fingerprint density at radius 2 is 1.68 bits per heavy atom. The van der Waals surface area contributed by atoms with E-state index in [-0.39, 0.29) is 12.8 Å². The maximum Gasteiger partial charge on any atom is 0.115 e. The number of fused-ring (bicyclic) bond motifs is 1. The Morgan fingerprint density at radius 3 is 2.18 bits per heavy atom. The highest BCUT2D eigenvalue weighted by molar-refractivity contribution is 5.80. The Morgan fingerprint density at radius 1 is 1.09 bits per heavy atom. The van der Waals surface area contributed by atoms with Gasteiger partial charge in [-0.25, -0.2) is 4.98 Å². The van der Waals surface area contributed by atoms with Crippen LogP contribution in [-0.2, 0) is 12.5 Å². The third-order valence-corrected chi connectivity index (χ3v) is 3.89. The largest absolute Gasteiger partial charge is 0.371 e. The summed E-state index contributed by atoms with van der Waals surface area (Å²) in [5.41, 5.74) is 3.69. The molecule has 1 aromatic carbocycles. The predicted octanol–water partition coefficient (Wildman–Crippen LogP) is 5.13. The van der Waals surface area contributed by atoms with Gasteiger partial charge >= 0.3 is 0 Å². The molecule has 1 aromatic heterocycles. The summed E-state index contributed by atoms with van der Waals surface area (Å²) < 4.78 is 2.23. The number of aryl methyl sites for hydroxylation is 1. The van der Waals surface area contributed by atoms with Crippen molar-refractivity contribution >= 4 is 16.7 Å². The molecule has 0 atom stereocenters. The molecular formula is C19H33N3. The van der Waals surface area contributed by atoms with E-state index in [0.29, 0.717) is 0 Å². The lowest BCUT2D eigenvalue weighted by Crippen LogP contribution is -2.24. The second-order valence-corrected chi connectivity index (χ2v) is 6.90. The molecule has 0 N–H and O–H groups in total. The monoisotopic (exact) mass is 303 g/mol. The maximum absolute atomic E-state index is 4.88. The fourth-order valence-electron chi connectivity index (χ4n) is 2.97. The van der Waals surface area contributed by atoms with Crippen LogP contribution in [0.25, 0.3) is 11.0 Å². The van der Waals surface area contributed by atoms with E-state index in [4.69, 9.17) is 4.98 Å². The third kappa shape index (κ3) is 3.63. The molecule has 0 spiro atoms. The summed E-state index contributed by atoms with van der Waals surface area (Å²) in [6.07, 6.45) is 2.35. The minimum atomic E-state index is 0. The molecule has 0 aliphatic heterocycles. The summed E-state index contributed by atoms with van der Waals surface area (Å²) in [5.74, 6) is 1.15. The zero-order valence-corrected chi connectivity index (χ0v) is 14.4. The Kier molecular flexibility index (Phi) is 6.04. The second-order valence-electron chi connectivity index (χ2n) is 6.90. The highest BCUT2D eigenvalue weighted by Gasteiger charge is 2.21. The van der Waals surface area contributed by atoms with Gasteiger partial charge in [0.05, 0.1) is 11.0 Å². The van der Waals surface area contributed by atoms with Gasteiger partial charge in [-0.15, -0.1) is 0 Å². The molecule has 1 heterocycles. The molecule has 124 valence electrons. The van der Waals surface area contributed by atoms with Crippen molar-refractivity contribution in [2.75, 3.05) is 18.0 Å². The summed E-state index contributed by atoms with van der Waals surface area (Å²) in [4.78, 5) is 7.35. The summed E-state index contributed by atoms with van der Waals surface area (Å²) in [6, 6.07) is 6.70. The van der Waals surface area contributed by atoms with Crippen molar-refractivity contribution in [3.05, 3.63) is 24.0 Å². The van der Waals surface area contributed by atoms with E-state index in [2.05, 4.69) is 69.3 Å². The molecule has 0 aliphatic rings. The molecule has 0 aliphatic carbocycles. The van der Waals surface area contributed by atoms with Crippen LogP contribution >= 0.6 is 0 Å². The molecular weight excluding hydrogens is 270 g/mol. The first-order valence-electron chi connectivity index (χ1n) is 8.10. The van der Waals surface area contributed by atoms with Crippen LogP contribution in [-0.4, -0.2) is 22.6 Å². The molecule has 0 amide bonds. The van der Waals surface area contributed by atoms with Crippen LogP contribution in [0.3, 0.4) is 0 Å². The van der Waals surface area contributed by atoms with Gasteiger partial charge in [-0.1, -0.05) is 42.0 Å². The van der Waals surface area contributed by atoms with Gasteiger partial charge in [0, 0.05) is 31.2 Å². The molecule has 0 radical (unpaired) electrons. The maximum atomic E-state index is 4.88. The summed E-state index contributed by atoms with van der Waals surface area (Å²) in [6.45, 7) is 13.3.